The van der Waals surface area contributed by atoms with Crippen molar-refractivity contribution in [1.82, 2.24) is 14.9 Å². The first kappa shape index (κ1) is 14.8. The predicted molar refractivity (Wildman–Crippen MR) is 87.1 cm³/mol. The summed E-state index contributed by atoms with van der Waals surface area (Å²) in [4.78, 5) is 24.4. The molecule has 23 heavy (non-hydrogen) atoms. The Balaban J connectivity index is 1.89. The average Bonchev–Trinajstić information content (AvgIpc) is 3.15. The number of hydrogen-bond acceptors (Lipinski definition) is 4. The summed E-state index contributed by atoms with van der Waals surface area (Å²) in [6.07, 6.45) is 5.78. The van der Waals surface area contributed by atoms with Crippen LogP contribution in [0.3, 0.4) is 0 Å². The lowest BCUT2D eigenvalue weighted by atomic mass is 9.79. The van der Waals surface area contributed by atoms with E-state index in [0.29, 0.717) is 11.5 Å². The molecule has 2 aliphatic rings. The van der Waals surface area contributed by atoms with Crippen LogP contribution in [-0.4, -0.2) is 34.4 Å². The third-order valence-electron chi connectivity index (χ3n) is 4.99. The zero-order chi connectivity index (χ0) is 16.2. The van der Waals surface area contributed by atoms with E-state index in [1.54, 1.807) is 6.92 Å². The van der Waals surface area contributed by atoms with Gasteiger partial charge >= 0.3 is 0 Å². The van der Waals surface area contributed by atoms with Crippen molar-refractivity contribution in [3.63, 3.8) is 0 Å². The molecule has 1 saturated carbocycles. The first-order valence-electron chi connectivity index (χ1n) is 7.89. The number of thiophene rings is 1. The number of likely N-dealkylation sites (N-methyl/N-ethyl adjacent to an activating group) is 1. The molecule has 0 saturated heterocycles. The fraction of sp³-hybridized carbons (Fsp3) is 0.471. The molecule has 2 aromatic heterocycles. The predicted octanol–water partition coefficient (Wildman–Crippen LogP) is 3.55. The molecular weight excluding hydrogens is 313 g/mol. The van der Waals surface area contributed by atoms with Crippen molar-refractivity contribution in [2.75, 3.05) is 13.6 Å². The molecule has 6 heteroatoms. The van der Waals surface area contributed by atoms with Crippen molar-refractivity contribution in [3.8, 4) is 10.6 Å². The average molecular weight is 331 g/mol. The van der Waals surface area contributed by atoms with Crippen molar-refractivity contribution in [2.24, 2.45) is 0 Å². The maximum atomic E-state index is 14.1. The Kier molecular flexibility index (Phi) is 3.27. The van der Waals surface area contributed by atoms with Crippen LogP contribution in [0.5, 0.6) is 0 Å². The summed E-state index contributed by atoms with van der Waals surface area (Å²) in [6, 6.07) is 1.82. The third kappa shape index (κ3) is 2.19. The van der Waals surface area contributed by atoms with Crippen LogP contribution in [0, 0.1) is 12.7 Å². The van der Waals surface area contributed by atoms with Crippen LogP contribution in [0.25, 0.3) is 10.6 Å². The minimum absolute atomic E-state index is 0.0335. The van der Waals surface area contributed by atoms with Crippen LogP contribution in [0.1, 0.15) is 46.7 Å². The van der Waals surface area contributed by atoms with E-state index in [9.17, 15) is 9.18 Å². The SMILES string of the molecule is Cc1ncc(F)c(-c2cc3c(s2)C2(CCCC2)CN(C)C3=O)n1. The molecule has 2 aromatic rings. The van der Waals surface area contributed by atoms with E-state index < -0.39 is 5.82 Å². The van der Waals surface area contributed by atoms with Gasteiger partial charge in [0.05, 0.1) is 16.6 Å². The maximum absolute atomic E-state index is 14.1. The Morgan fingerprint density at radius 3 is 2.83 bits per heavy atom. The van der Waals surface area contributed by atoms with Crippen LogP contribution >= 0.6 is 11.3 Å². The topological polar surface area (TPSA) is 46.1 Å². The molecule has 0 aromatic carbocycles. The molecule has 0 N–H and O–H groups in total. The van der Waals surface area contributed by atoms with Gasteiger partial charge in [0.1, 0.15) is 11.5 Å². The summed E-state index contributed by atoms with van der Waals surface area (Å²) in [5.41, 5.74) is 1.09. The molecule has 1 fully saturated rings. The van der Waals surface area contributed by atoms with Crippen molar-refractivity contribution in [3.05, 3.63) is 34.3 Å². The Morgan fingerprint density at radius 2 is 2.09 bits per heavy atom. The molecule has 0 bridgehead atoms. The summed E-state index contributed by atoms with van der Waals surface area (Å²) in [6.45, 7) is 2.51. The quantitative estimate of drug-likeness (QED) is 0.803. The molecular formula is C17H18FN3OS. The summed E-state index contributed by atoms with van der Waals surface area (Å²) in [7, 11) is 1.86. The van der Waals surface area contributed by atoms with Gasteiger partial charge in [0.15, 0.2) is 5.82 Å². The van der Waals surface area contributed by atoms with Gasteiger partial charge in [-0.3, -0.25) is 4.79 Å². The van der Waals surface area contributed by atoms with Crippen LogP contribution in [-0.2, 0) is 5.41 Å². The number of carbonyl (C=O) groups is 1. The number of hydrogen-bond donors (Lipinski definition) is 0. The molecule has 0 atom stereocenters. The van der Waals surface area contributed by atoms with E-state index in [4.69, 9.17) is 0 Å². The first-order chi connectivity index (χ1) is 11.0. The number of carbonyl (C=O) groups excluding carboxylic acids is 1. The van der Waals surface area contributed by atoms with E-state index in [1.165, 1.54) is 30.4 Å². The van der Waals surface area contributed by atoms with Crippen molar-refractivity contribution in [1.29, 1.82) is 0 Å². The fourth-order valence-electron chi connectivity index (χ4n) is 3.93. The van der Waals surface area contributed by atoms with E-state index in [1.807, 2.05) is 18.0 Å². The largest absolute Gasteiger partial charge is 0.341 e. The van der Waals surface area contributed by atoms with E-state index in [-0.39, 0.29) is 11.3 Å². The van der Waals surface area contributed by atoms with Crippen LogP contribution in [0.15, 0.2) is 12.3 Å². The number of amides is 1. The van der Waals surface area contributed by atoms with Crippen molar-refractivity contribution < 1.29 is 9.18 Å². The monoisotopic (exact) mass is 331 g/mol. The minimum Gasteiger partial charge on any atom is -0.341 e. The molecule has 1 amide bonds. The zero-order valence-electron chi connectivity index (χ0n) is 13.2. The Hall–Kier alpha value is -1.82. The van der Waals surface area contributed by atoms with E-state index >= 15 is 0 Å². The Morgan fingerprint density at radius 1 is 1.35 bits per heavy atom. The third-order valence-corrected chi connectivity index (χ3v) is 6.38. The summed E-state index contributed by atoms with van der Waals surface area (Å²) >= 11 is 1.54. The van der Waals surface area contributed by atoms with Gasteiger partial charge in [-0.1, -0.05) is 12.8 Å². The van der Waals surface area contributed by atoms with Crippen LogP contribution in [0.2, 0.25) is 0 Å². The van der Waals surface area contributed by atoms with E-state index in [0.717, 1.165) is 34.7 Å². The maximum Gasteiger partial charge on any atom is 0.254 e. The number of halogens is 1. The Labute approximate surface area is 138 Å². The van der Waals surface area contributed by atoms with Gasteiger partial charge in [-0.25, -0.2) is 14.4 Å². The second-order valence-corrected chi connectivity index (χ2v) is 7.67. The fourth-order valence-corrected chi connectivity index (χ4v) is 5.31. The number of aryl methyl sites for hydroxylation is 1. The van der Waals surface area contributed by atoms with Crippen LogP contribution < -0.4 is 0 Å². The van der Waals surface area contributed by atoms with Gasteiger partial charge < -0.3 is 4.90 Å². The van der Waals surface area contributed by atoms with E-state index in [2.05, 4.69) is 9.97 Å². The van der Waals surface area contributed by atoms with Crippen LogP contribution in [0.4, 0.5) is 4.39 Å². The van der Waals surface area contributed by atoms with Gasteiger partial charge in [0.2, 0.25) is 0 Å². The second kappa shape index (κ2) is 5.09. The Bertz CT molecular complexity index is 795. The molecule has 0 radical (unpaired) electrons. The lowest BCUT2D eigenvalue weighted by Crippen LogP contribution is -2.45. The summed E-state index contributed by atoms with van der Waals surface area (Å²) in [5, 5.41) is 0. The van der Waals surface area contributed by atoms with Gasteiger partial charge in [-0.2, -0.15) is 0 Å². The molecule has 1 aliphatic heterocycles. The van der Waals surface area contributed by atoms with Gasteiger partial charge in [0, 0.05) is 23.9 Å². The smallest absolute Gasteiger partial charge is 0.254 e. The highest BCUT2D eigenvalue weighted by atomic mass is 32.1. The van der Waals surface area contributed by atoms with Crippen molar-refractivity contribution in [2.45, 2.75) is 38.0 Å². The highest BCUT2D eigenvalue weighted by Gasteiger charge is 2.45. The standard InChI is InChI=1S/C17H18FN3OS/c1-10-19-8-12(18)14(20-10)13-7-11-15(23-13)17(5-3-4-6-17)9-21(2)16(11)22/h7-8H,3-6,9H2,1-2H3. The lowest BCUT2D eigenvalue weighted by molar-refractivity contribution is 0.0728. The first-order valence-corrected chi connectivity index (χ1v) is 8.71. The normalized spacial score (nSPS) is 19.4. The number of fused-ring (bicyclic) bond motifs is 2. The molecule has 1 aliphatic carbocycles. The number of rotatable bonds is 1. The van der Waals surface area contributed by atoms with Gasteiger partial charge in [-0.15, -0.1) is 11.3 Å². The highest BCUT2D eigenvalue weighted by Crippen LogP contribution is 2.50. The summed E-state index contributed by atoms with van der Waals surface area (Å²) < 4.78 is 14.1. The van der Waals surface area contributed by atoms with Crippen molar-refractivity contribution >= 4 is 17.2 Å². The molecule has 0 unspecified atom stereocenters. The molecule has 4 nitrogen and oxygen atoms in total. The second-order valence-electron chi connectivity index (χ2n) is 6.62. The summed E-state index contributed by atoms with van der Waals surface area (Å²) in [5.74, 6) is 0.133. The molecule has 120 valence electrons. The molecule has 4 rings (SSSR count). The molecule has 1 spiro atoms. The number of nitrogens with zero attached hydrogens (tertiary/aromatic N) is 3. The highest BCUT2D eigenvalue weighted by molar-refractivity contribution is 7.16. The lowest BCUT2D eigenvalue weighted by Gasteiger charge is -2.38. The minimum atomic E-state index is -0.435. The number of aromatic nitrogens is 2. The van der Waals surface area contributed by atoms with Gasteiger partial charge in [-0.05, 0) is 25.8 Å². The zero-order valence-corrected chi connectivity index (χ0v) is 14.0. The molecule has 3 heterocycles. The van der Waals surface area contributed by atoms with Gasteiger partial charge in [0.25, 0.3) is 5.91 Å².